The third-order valence-corrected chi connectivity index (χ3v) is 6.90. The molecule has 2 N–H and O–H groups in total. The van der Waals surface area contributed by atoms with Crippen molar-refractivity contribution < 1.29 is 8.42 Å². The Morgan fingerprint density at radius 2 is 1.96 bits per heavy atom. The van der Waals surface area contributed by atoms with E-state index in [-0.39, 0.29) is 16.3 Å². The number of benzene rings is 1. The highest BCUT2D eigenvalue weighted by Crippen LogP contribution is 2.34. The van der Waals surface area contributed by atoms with Gasteiger partial charge in [0.15, 0.2) is 0 Å². The fraction of sp³-hybridized carbons (Fsp3) is 0.333. The first-order valence-corrected chi connectivity index (χ1v) is 10.3. The summed E-state index contributed by atoms with van der Waals surface area (Å²) in [5.74, 6) is 0. The first-order chi connectivity index (χ1) is 12.9. The van der Waals surface area contributed by atoms with Crippen molar-refractivity contribution >= 4 is 20.9 Å². The van der Waals surface area contributed by atoms with E-state index in [0.29, 0.717) is 25.0 Å². The van der Waals surface area contributed by atoms with Gasteiger partial charge in [0.05, 0.1) is 21.8 Å². The van der Waals surface area contributed by atoms with Gasteiger partial charge in [-0.1, -0.05) is 13.3 Å². The van der Waals surface area contributed by atoms with Gasteiger partial charge < -0.3 is 9.55 Å². The maximum atomic E-state index is 13.4. The number of nitrogens with one attached hydrogen (secondary N) is 2. The molecular formula is C18H20N4O4S. The van der Waals surface area contributed by atoms with Gasteiger partial charge in [-0.3, -0.25) is 9.78 Å². The van der Waals surface area contributed by atoms with Crippen LogP contribution in [0.2, 0.25) is 0 Å². The fourth-order valence-electron chi connectivity index (χ4n) is 3.74. The van der Waals surface area contributed by atoms with Crippen LogP contribution in [0.15, 0.2) is 51.0 Å². The highest BCUT2D eigenvalue weighted by molar-refractivity contribution is 7.89. The van der Waals surface area contributed by atoms with Crippen molar-refractivity contribution in [1.29, 1.82) is 0 Å². The van der Waals surface area contributed by atoms with Crippen molar-refractivity contribution in [2.75, 3.05) is 6.54 Å². The average molecular weight is 388 g/mol. The number of rotatable bonds is 4. The predicted molar refractivity (Wildman–Crippen MR) is 101 cm³/mol. The molecule has 0 amide bonds. The normalized spacial score (nSPS) is 17.9. The summed E-state index contributed by atoms with van der Waals surface area (Å²) in [6, 6.07) is 7.87. The van der Waals surface area contributed by atoms with E-state index in [0.717, 1.165) is 12.1 Å². The lowest BCUT2D eigenvalue weighted by atomic mass is 10.1. The van der Waals surface area contributed by atoms with Crippen LogP contribution in [0, 0.1) is 0 Å². The molecule has 142 valence electrons. The van der Waals surface area contributed by atoms with Crippen LogP contribution in [-0.4, -0.2) is 33.8 Å². The number of nitrogens with zero attached hydrogens (tertiary/aromatic N) is 2. The van der Waals surface area contributed by atoms with Gasteiger partial charge in [-0.2, -0.15) is 4.31 Å². The molecule has 1 aromatic carbocycles. The Kier molecular flexibility index (Phi) is 4.27. The van der Waals surface area contributed by atoms with Crippen LogP contribution in [0.1, 0.15) is 31.5 Å². The summed E-state index contributed by atoms with van der Waals surface area (Å²) in [5.41, 5.74) is 0.0568. The fourth-order valence-corrected chi connectivity index (χ4v) is 5.38. The molecule has 0 aliphatic carbocycles. The van der Waals surface area contributed by atoms with Crippen LogP contribution in [0.5, 0.6) is 0 Å². The molecule has 0 spiro atoms. The lowest BCUT2D eigenvalue weighted by Crippen LogP contribution is -2.41. The maximum Gasteiger partial charge on any atom is 0.326 e. The van der Waals surface area contributed by atoms with Crippen LogP contribution in [0.4, 0.5) is 0 Å². The second kappa shape index (κ2) is 6.50. The minimum atomic E-state index is -3.80. The predicted octanol–water partition coefficient (Wildman–Crippen LogP) is 1.56. The number of sulfonamides is 1. The lowest BCUT2D eigenvalue weighted by molar-refractivity contribution is 0.253. The number of aromatic amines is 2. The summed E-state index contributed by atoms with van der Waals surface area (Å²) in [6.07, 6.45) is 3.53. The number of hydrogen-bond donors (Lipinski definition) is 2. The monoisotopic (exact) mass is 388 g/mol. The Hall–Kier alpha value is -2.65. The smallest absolute Gasteiger partial charge is 0.326 e. The summed E-state index contributed by atoms with van der Waals surface area (Å²) in [6.45, 7) is 2.98. The van der Waals surface area contributed by atoms with E-state index < -0.39 is 21.3 Å². The molecule has 1 atom stereocenters. The van der Waals surface area contributed by atoms with Crippen molar-refractivity contribution in [2.24, 2.45) is 0 Å². The molecule has 4 rings (SSSR count). The molecule has 1 unspecified atom stereocenters. The van der Waals surface area contributed by atoms with E-state index in [1.54, 1.807) is 0 Å². The van der Waals surface area contributed by atoms with E-state index in [4.69, 9.17) is 0 Å². The molecule has 0 bridgehead atoms. The van der Waals surface area contributed by atoms with Gasteiger partial charge in [0, 0.05) is 25.0 Å². The Labute approximate surface area is 155 Å². The summed E-state index contributed by atoms with van der Waals surface area (Å²) < 4.78 is 30.3. The van der Waals surface area contributed by atoms with Crippen molar-refractivity contribution in [3.63, 3.8) is 0 Å². The van der Waals surface area contributed by atoms with E-state index in [1.807, 2.05) is 25.3 Å². The standard InChI is InChI=1S/C18H20N4O4S/c1-2-4-16-15-5-3-8-21(15)9-10-22(16)27(25,26)12-6-7-14-13(11-12)17(23)20-18(24)19-14/h3,5-8,11,16H,2,4,9-10H2,1H3,(H2,19,20,23,24). The molecule has 3 heterocycles. The van der Waals surface area contributed by atoms with Gasteiger partial charge in [0.25, 0.3) is 5.56 Å². The highest BCUT2D eigenvalue weighted by Gasteiger charge is 2.36. The molecule has 0 fully saturated rings. The minimum Gasteiger partial charge on any atom is -0.349 e. The van der Waals surface area contributed by atoms with Crippen LogP contribution < -0.4 is 11.2 Å². The van der Waals surface area contributed by atoms with Gasteiger partial charge in [0.2, 0.25) is 10.0 Å². The van der Waals surface area contributed by atoms with Gasteiger partial charge in [-0.15, -0.1) is 0 Å². The Morgan fingerprint density at radius 3 is 2.74 bits per heavy atom. The topological polar surface area (TPSA) is 108 Å². The molecule has 8 nitrogen and oxygen atoms in total. The third-order valence-electron chi connectivity index (χ3n) is 4.99. The number of hydrogen-bond acceptors (Lipinski definition) is 4. The Morgan fingerprint density at radius 1 is 1.15 bits per heavy atom. The Balaban J connectivity index is 1.82. The maximum absolute atomic E-state index is 13.4. The third kappa shape index (κ3) is 2.92. The second-order valence-electron chi connectivity index (χ2n) is 6.66. The molecular weight excluding hydrogens is 368 g/mol. The van der Waals surface area contributed by atoms with Gasteiger partial charge in [-0.25, -0.2) is 13.2 Å². The van der Waals surface area contributed by atoms with Crippen LogP contribution in [0.3, 0.4) is 0 Å². The molecule has 3 aromatic rings. The minimum absolute atomic E-state index is 0.0497. The Bertz CT molecular complexity index is 1220. The first-order valence-electron chi connectivity index (χ1n) is 8.85. The zero-order valence-electron chi connectivity index (χ0n) is 14.8. The number of H-pyrrole nitrogens is 2. The van der Waals surface area contributed by atoms with Crippen molar-refractivity contribution in [3.8, 4) is 0 Å². The van der Waals surface area contributed by atoms with Crippen LogP contribution in [0.25, 0.3) is 10.9 Å². The summed E-state index contributed by atoms with van der Waals surface area (Å²) in [5, 5.41) is 0.142. The molecule has 2 aromatic heterocycles. The van der Waals surface area contributed by atoms with E-state index in [2.05, 4.69) is 14.5 Å². The van der Waals surface area contributed by atoms with Gasteiger partial charge >= 0.3 is 5.69 Å². The van der Waals surface area contributed by atoms with E-state index in [1.165, 1.54) is 22.5 Å². The molecule has 0 saturated carbocycles. The zero-order chi connectivity index (χ0) is 19.2. The average Bonchev–Trinajstić information content (AvgIpc) is 3.10. The van der Waals surface area contributed by atoms with E-state index in [9.17, 15) is 18.0 Å². The van der Waals surface area contributed by atoms with Crippen LogP contribution >= 0.6 is 0 Å². The molecule has 27 heavy (non-hydrogen) atoms. The van der Waals surface area contributed by atoms with E-state index >= 15 is 0 Å². The second-order valence-corrected chi connectivity index (χ2v) is 8.55. The summed E-state index contributed by atoms with van der Waals surface area (Å²) in [4.78, 5) is 28.1. The quantitative estimate of drug-likeness (QED) is 0.707. The van der Waals surface area contributed by atoms with Crippen molar-refractivity contribution in [1.82, 2.24) is 18.8 Å². The van der Waals surface area contributed by atoms with Gasteiger partial charge in [0.1, 0.15) is 0 Å². The van der Waals surface area contributed by atoms with Crippen LogP contribution in [-0.2, 0) is 16.6 Å². The number of fused-ring (bicyclic) bond motifs is 2. The van der Waals surface area contributed by atoms with Gasteiger partial charge in [-0.05, 0) is 36.8 Å². The first kappa shape index (κ1) is 17.7. The SMILES string of the molecule is CCCC1c2cccn2CCN1S(=O)(=O)c1ccc2[nH]c(=O)[nH]c(=O)c2c1. The van der Waals surface area contributed by atoms with Crippen molar-refractivity contribution in [3.05, 3.63) is 63.1 Å². The summed E-state index contributed by atoms with van der Waals surface area (Å²) in [7, 11) is -3.80. The molecule has 0 saturated heterocycles. The molecule has 0 radical (unpaired) electrons. The largest absolute Gasteiger partial charge is 0.349 e. The molecule has 9 heteroatoms. The lowest BCUT2D eigenvalue weighted by Gasteiger charge is -2.36. The zero-order valence-corrected chi connectivity index (χ0v) is 15.6. The molecule has 1 aliphatic heterocycles. The molecule has 1 aliphatic rings. The number of aromatic nitrogens is 3. The highest BCUT2D eigenvalue weighted by atomic mass is 32.2. The summed E-state index contributed by atoms with van der Waals surface area (Å²) >= 11 is 0. The van der Waals surface area contributed by atoms with Crippen molar-refractivity contribution in [2.45, 2.75) is 37.2 Å².